The molecule has 0 aromatic carbocycles. The molecule has 120 valence electrons. The SMILES string of the molecule is CCc1cc(CN2CC(CC)NCC2(C)CC)n(CC)n1. The van der Waals surface area contributed by atoms with Gasteiger partial charge < -0.3 is 5.32 Å². The summed E-state index contributed by atoms with van der Waals surface area (Å²) in [5.74, 6) is 0. The molecule has 4 nitrogen and oxygen atoms in total. The Hall–Kier alpha value is -0.870. The third-order valence-corrected chi connectivity index (χ3v) is 5.16. The van der Waals surface area contributed by atoms with Crippen molar-refractivity contribution in [1.29, 1.82) is 0 Å². The van der Waals surface area contributed by atoms with Crippen LogP contribution in [0.2, 0.25) is 0 Å². The van der Waals surface area contributed by atoms with E-state index in [1.165, 1.54) is 24.2 Å². The zero-order valence-corrected chi connectivity index (χ0v) is 14.4. The average Bonchev–Trinajstić information content (AvgIpc) is 2.91. The molecule has 1 aromatic heterocycles. The summed E-state index contributed by atoms with van der Waals surface area (Å²) in [4.78, 5) is 2.67. The summed E-state index contributed by atoms with van der Waals surface area (Å²) < 4.78 is 2.18. The summed E-state index contributed by atoms with van der Waals surface area (Å²) in [5, 5.41) is 8.41. The third-order valence-electron chi connectivity index (χ3n) is 5.16. The van der Waals surface area contributed by atoms with E-state index in [0.29, 0.717) is 6.04 Å². The second-order valence-electron chi connectivity index (χ2n) is 6.51. The Morgan fingerprint density at radius 1 is 1.33 bits per heavy atom. The molecule has 1 saturated heterocycles. The lowest BCUT2D eigenvalue weighted by molar-refractivity contribution is 0.0386. The maximum Gasteiger partial charge on any atom is 0.0625 e. The summed E-state index contributed by atoms with van der Waals surface area (Å²) in [7, 11) is 0. The predicted octanol–water partition coefficient (Wildman–Crippen LogP) is 2.82. The second-order valence-corrected chi connectivity index (χ2v) is 6.51. The van der Waals surface area contributed by atoms with Crippen LogP contribution in [0.1, 0.15) is 58.8 Å². The number of aryl methyl sites for hydroxylation is 2. The van der Waals surface area contributed by atoms with Crippen LogP contribution in [-0.2, 0) is 19.5 Å². The monoisotopic (exact) mass is 292 g/mol. The number of piperazine rings is 1. The van der Waals surface area contributed by atoms with Crippen LogP contribution >= 0.6 is 0 Å². The van der Waals surface area contributed by atoms with E-state index in [4.69, 9.17) is 5.10 Å². The first-order valence-corrected chi connectivity index (χ1v) is 8.60. The Morgan fingerprint density at radius 2 is 2.10 bits per heavy atom. The van der Waals surface area contributed by atoms with Crippen LogP contribution in [0.15, 0.2) is 6.07 Å². The molecule has 1 aliphatic heterocycles. The van der Waals surface area contributed by atoms with Gasteiger partial charge in [0.05, 0.1) is 11.4 Å². The molecule has 1 N–H and O–H groups in total. The minimum absolute atomic E-state index is 0.251. The topological polar surface area (TPSA) is 33.1 Å². The lowest BCUT2D eigenvalue weighted by Gasteiger charge is -2.47. The molecule has 0 saturated carbocycles. The molecule has 1 fully saturated rings. The summed E-state index contributed by atoms with van der Waals surface area (Å²) in [6.07, 6.45) is 3.39. The molecule has 21 heavy (non-hydrogen) atoms. The van der Waals surface area contributed by atoms with Crippen molar-refractivity contribution in [2.75, 3.05) is 13.1 Å². The molecule has 2 unspecified atom stereocenters. The van der Waals surface area contributed by atoms with E-state index < -0.39 is 0 Å². The highest BCUT2D eigenvalue weighted by molar-refractivity contribution is 5.12. The van der Waals surface area contributed by atoms with Crippen molar-refractivity contribution in [2.45, 2.75) is 78.6 Å². The van der Waals surface area contributed by atoms with Crippen LogP contribution in [0.25, 0.3) is 0 Å². The van der Waals surface area contributed by atoms with Gasteiger partial charge >= 0.3 is 0 Å². The van der Waals surface area contributed by atoms with Gasteiger partial charge in [0.1, 0.15) is 0 Å². The molecule has 1 aliphatic rings. The minimum Gasteiger partial charge on any atom is -0.311 e. The van der Waals surface area contributed by atoms with E-state index in [1.807, 2.05) is 0 Å². The highest BCUT2D eigenvalue weighted by Crippen LogP contribution is 2.26. The summed E-state index contributed by atoms with van der Waals surface area (Å²) in [5.41, 5.74) is 2.83. The largest absolute Gasteiger partial charge is 0.311 e. The predicted molar refractivity (Wildman–Crippen MR) is 88.5 cm³/mol. The number of hydrogen-bond donors (Lipinski definition) is 1. The molecule has 0 aliphatic carbocycles. The molecule has 2 rings (SSSR count). The summed E-state index contributed by atoms with van der Waals surface area (Å²) >= 11 is 0. The standard InChI is InChI=1S/C17H32N4/c1-6-14-10-16(21(9-4)19-14)12-20-11-15(7-2)18-13-17(20,5)8-3/h10,15,18H,6-9,11-13H2,1-5H3. The van der Waals surface area contributed by atoms with Crippen molar-refractivity contribution in [3.63, 3.8) is 0 Å². The highest BCUT2D eigenvalue weighted by atomic mass is 15.3. The lowest BCUT2D eigenvalue weighted by atomic mass is 9.91. The van der Waals surface area contributed by atoms with Gasteiger partial charge in [0, 0.05) is 37.8 Å². The highest BCUT2D eigenvalue weighted by Gasteiger charge is 2.36. The van der Waals surface area contributed by atoms with Gasteiger partial charge in [-0.25, -0.2) is 0 Å². The third kappa shape index (κ3) is 3.49. The van der Waals surface area contributed by atoms with Crippen LogP contribution in [0, 0.1) is 0 Å². The number of rotatable bonds is 6. The normalized spacial score (nSPS) is 27.2. The molecule has 0 bridgehead atoms. The number of aromatic nitrogens is 2. The van der Waals surface area contributed by atoms with Crippen LogP contribution in [0.5, 0.6) is 0 Å². The first kappa shape index (κ1) is 16.5. The number of hydrogen-bond acceptors (Lipinski definition) is 3. The lowest BCUT2D eigenvalue weighted by Crippen LogP contribution is -2.62. The average molecular weight is 292 g/mol. The van der Waals surface area contributed by atoms with Crippen molar-refractivity contribution in [2.24, 2.45) is 0 Å². The van der Waals surface area contributed by atoms with Crippen LogP contribution < -0.4 is 5.32 Å². The minimum atomic E-state index is 0.251. The van der Waals surface area contributed by atoms with E-state index in [0.717, 1.165) is 32.6 Å². The Morgan fingerprint density at radius 3 is 2.67 bits per heavy atom. The molecule has 1 aromatic rings. The maximum atomic E-state index is 4.70. The van der Waals surface area contributed by atoms with E-state index in [-0.39, 0.29) is 5.54 Å². The van der Waals surface area contributed by atoms with Gasteiger partial charge in [-0.05, 0) is 39.2 Å². The fourth-order valence-electron chi connectivity index (χ4n) is 3.19. The van der Waals surface area contributed by atoms with Crippen molar-refractivity contribution in [1.82, 2.24) is 20.0 Å². The summed E-state index contributed by atoms with van der Waals surface area (Å²) in [6, 6.07) is 2.91. The van der Waals surface area contributed by atoms with Crippen LogP contribution in [-0.4, -0.2) is 39.4 Å². The fraction of sp³-hybridized carbons (Fsp3) is 0.824. The van der Waals surface area contributed by atoms with Gasteiger partial charge in [0.15, 0.2) is 0 Å². The van der Waals surface area contributed by atoms with Crippen molar-refractivity contribution in [3.8, 4) is 0 Å². The summed E-state index contributed by atoms with van der Waals surface area (Å²) in [6.45, 7) is 15.5. The smallest absolute Gasteiger partial charge is 0.0625 e. The molecular formula is C17H32N4. The first-order valence-electron chi connectivity index (χ1n) is 8.60. The van der Waals surface area contributed by atoms with Gasteiger partial charge in [-0.2, -0.15) is 5.10 Å². The zero-order chi connectivity index (χ0) is 15.5. The van der Waals surface area contributed by atoms with Gasteiger partial charge in [-0.15, -0.1) is 0 Å². The van der Waals surface area contributed by atoms with Gasteiger partial charge in [-0.1, -0.05) is 20.8 Å². The van der Waals surface area contributed by atoms with Crippen LogP contribution in [0.4, 0.5) is 0 Å². The maximum absolute atomic E-state index is 4.70. The van der Waals surface area contributed by atoms with E-state index in [2.05, 4.69) is 55.6 Å². The molecule has 0 radical (unpaired) electrons. The number of nitrogens with one attached hydrogen (secondary N) is 1. The van der Waals surface area contributed by atoms with Gasteiger partial charge in [-0.3, -0.25) is 9.58 Å². The Balaban J connectivity index is 2.19. The van der Waals surface area contributed by atoms with Crippen molar-refractivity contribution >= 4 is 0 Å². The molecule has 0 spiro atoms. The Kier molecular flexibility index (Phi) is 5.44. The van der Waals surface area contributed by atoms with E-state index >= 15 is 0 Å². The Labute approximate surface area is 129 Å². The van der Waals surface area contributed by atoms with E-state index in [9.17, 15) is 0 Å². The fourth-order valence-corrected chi connectivity index (χ4v) is 3.19. The van der Waals surface area contributed by atoms with Gasteiger partial charge in [0.2, 0.25) is 0 Å². The van der Waals surface area contributed by atoms with Crippen molar-refractivity contribution in [3.05, 3.63) is 17.5 Å². The zero-order valence-electron chi connectivity index (χ0n) is 14.4. The molecular weight excluding hydrogens is 260 g/mol. The molecule has 2 heterocycles. The van der Waals surface area contributed by atoms with Gasteiger partial charge in [0.25, 0.3) is 0 Å². The quantitative estimate of drug-likeness (QED) is 0.875. The number of nitrogens with zero attached hydrogens (tertiary/aromatic N) is 3. The van der Waals surface area contributed by atoms with Crippen LogP contribution in [0.3, 0.4) is 0 Å². The molecule has 4 heteroatoms. The molecule has 0 amide bonds. The van der Waals surface area contributed by atoms with Crippen molar-refractivity contribution < 1.29 is 0 Å². The van der Waals surface area contributed by atoms with E-state index in [1.54, 1.807) is 0 Å². The molecule has 2 atom stereocenters. The second kappa shape index (κ2) is 6.93. The Bertz CT molecular complexity index is 454. The first-order chi connectivity index (χ1) is 10.1.